The van der Waals surface area contributed by atoms with Gasteiger partial charge in [-0.3, -0.25) is 4.68 Å². The van der Waals surface area contributed by atoms with Crippen LogP contribution >= 0.6 is 0 Å². The van der Waals surface area contributed by atoms with Crippen molar-refractivity contribution in [3.63, 3.8) is 0 Å². The highest BCUT2D eigenvalue weighted by Gasteiger charge is 2.04. The molecule has 0 bridgehead atoms. The molecule has 0 aliphatic carbocycles. The molecule has 4 nitrogen and oxygen atoms in total. The molecule has 2 rings (SSSR count). The van der Waals surface area contributed by atoms with Gasteiger partial charge in [-0.1, -0.05) is 12.1 Å². The van der Waals surface area contributed by atoms with E-state index in [1.54, 1.807) is 6.92 Å². The Morgan fingerprint density at radius 2 is 2.00 bits per heavy atom. The van der Waals surface area contributed by atoms with Gasteiger partial charge in [0.15, 0.2) is 0 Å². The smallest absolute Gasteiger partial charge is 0.130 e. The highest BCUT2D eigenvalue weighted by atomic mass is 16.5. The summed E-state index contributed by atoms with van der Waals surface area (Å²) in [6, 6.07) is 9.48. The maximum Gasteiger partial charge on any atom is 0.130 e. The van der Waals surface area contributed by atoms with Gasteiger partial charge in [0.25, 0.3) is 0 Å². The molecule has 0 fully saturated rings. The van der Waals surface area contributed by atoms with Crippen LogP contribution in [0.2, 0.25) is 0 Å². The van der Waals surface area contributed by atoms with E-state index in [0.717, 1.165) is 22.7 Å². The average Bonchev–Trinajstić information content (AvgIpc) is 2.66. The van der Waals surface area contributed by atoms with Crippen molar-refractivity contribution < 1.29 is 9.84 Å². The molecule has 0 saturated heterocycles. The molecule has 1 heterocycles. The van der Waals surface area contributed by atoms with Crippen LogP contribution in [0, 0.1) is 6.92 Å². The maximum atomic E-state index is 9.41. The molecular formula is C14H18N2O2. The minimum atomic E-state index is -0.446. The van der Waals surface area contributed by atoms with Crippen LogP contribution in [-0.4, -0.2) is 14.9 Å². The minimum Gasteiger partial charge on any atom is -0.487 e. The first-order chi connectivity index (χ1) is 8.56. The van der Waals surface area contributed by atoms with Gasteiger partial charge < -0.3 is 9.84 Å². The quantitative estimate of drug-likeness (QED) is 0.900. The fraction of sp³-hybridized carbons (Fsp3) is 0.357. The number of nitrogens with zero attached hydrogens (tertiary/aromatic N) is 2. The van der Waals surface area contributed by atoms with Gasteiger partial charge in [0.1, 0.15) is 12.4 Å². The van der Waals surface area contributed by atoms with Crippen molar-refractivity contribution >= 4 is 0 Å². The molecule has 0 spiro atoms. The zero-order valence-corrected chi connectivity index (χ0v) is 10.9. The molecule has 18 heavy (non-hydrogen) atoms. The third kappa shape index (κ3) is 2.90. The Hall–Kier alpha value is -1.81. The molecule has 0 aliphatic heterocycles. The summed E-state index contributed by atoms with van der Waals surface area (Å²) in [4.78, 5) is 0. The highest BCUT2D eigenvalue weighted by molar-refractivity contribution is 5.28. The third-order valence-electron chi connectivity index (χ3n) is 2.85. The van der Waals surface area contributed by atoms with E-state index in [4.69, 9.17) is 4.74 Å². The van der Waals surface area contributed by atoms with Crippen LogP contribution in [0.1, 0.15) is 30.0 Å². The Bertz CT molecular complexity index is 515. The minimum absolute atomic E-state index is 0.446. The number of hydrogen-bond acceptors (Lipinski definition) is 3. The van der Waals surface area contributed by atoms with Gasteiger partial charge in [-0.05, 0) is 37.6 Å². The zero-order chi connectivity index (χ0) is 13.1. The van der Waals surface area contributed by atoms with Crippen molar-refractivity contribution in [3.8, 4) is 5.75 Å². The largest absolute Gasteiger partial charge is 0.487 e. The van der Waals surface area contributed by atoms with Gasteiger partial charge in [0.05, 0.1) is 17.5 Å². The van der Waals surface area contributed by atoms with Crippen LogP contribution in [0.3, 0.4) is 0 Å². The molecule has 4 heteroatoms. The van der Waals surface area contributed by atoms with Crippen molar-refractivity contribution in [1.29, 1.82) is 0 Å². The number of rotatable bonds is 4. The first kappa shape index (κ1) is 12.6. The zero-order valence-electron chi connectivity index (χ0n) is 10.9. The molecule has 96 valence electrons. The topological polar surface area (TPSA) is 47.3 Å². The lowest BCUT2D eigenvalue weighted by atomic mass is 10.1. The third-order valence-corrected chi connectivity index (χ3v) is 2.85. The highest BCUT2D eigenvalue weighted by Crippen LogP contribution is 2.18. The second-order valence-electron chi connectivity index (χ2n) is 4.43. The summed E-state index contributed by atoms with van der Waals surface area (Å²) in [7, 11) is 1.90. The standard InChI is InChI=1S/C14H18N2O2/c1-10-8-13(16(3)15-10)9-18-14-6-4-12(5-7-14)11(2)17/h4-8,11,17H,9H2,1-3H3/t11-/m0/s1. The fourth-order valence-electron chi connectivity index (χ4n) is 1.80. The second kappa shape index (κ2) is 5.23. The number of aliphatic hydroxyl groups is 1. The first-order valence-corrected chi connectivity index (χ1v) is 5.96. The Labute approximate surface area is 107 Å². The van der Waals surface area contributed by atoms with Crippen LogP contribution in [0.5, 0.6) is 5.75 Å². The number of hydrogen-bond donors (Lipinski definition) is 1. The number of aromatic nitrogens is 2. The first-order valence-electron chi connectivity index (χ1n) is 5.96. The van der Waals surface area contributed by atoms with E-state index < -0.39 is 6.10 Å². The Balaban J connectivity index is 2.00. The molecule has 0 aliphatic rings. The fourth-order valence-corrected chi connectivity index (χ4v) is 1.80. The summed E-state index contributed by atoms with van der Waals surface area (Å²) in [5, 5.41) is 13.7. The molecule has 1 atom stereocenters. The second-order valence-corrected chi connectivity index (χ2v) is 4.43. The summed E-state index contributed by atoms with van der Waals surface area (Å²) >= 11 is 0. The average molecular weight is 246 g/mol. The Kier molecular flexibility index (Phi) is 3.67. The van der Waals surface area contributed by atoms with E-state index in [2.05, 4.69) is 5.10 Å². The van der Waals surface area contributed by atoms with E-state index in [0.29, 0.717) is 6.61 Å². The van der Waals surface area contributed by atoms with E-state index >= 15 is 0 Å². The normalized spacial score (nSPS) is 12.4. The van der Waals surface area contributed by atoms with Gasteiger partial charge in [-0.15, -0.1) is 0 Å². The van der Waals surface area contributed by atoms with Crippen LogP contribution in [-0.2, 0) is 13.7 Å². The Morgan fingerprint density at radius 3 is 2.50 bits per heavy atom. The van der Waals surface area contributed by atoms with Gasteiger partial charge >= 0.3 is 0 Å². The van der Waals surface area contributed by atoms with Crippen molar-refractivity contribution in [2.24, 2.45) is 7.05 Å². The lowest BCUT2D eigenvalue weighted by molar-refractivity contribution is 0.199. The van der Waals surface area contributed by atoms with Crippen LogP contribution in [0.4, 0.5) is 0 Å². The molecule has 1 aromatic heterocycles. The van der Waals surface area contributed by atoms with Crippen LogP contribution in [0.15, 0.2) is 30.3 Å². The van der Waals surface area contributed by atoms with E-state index in [9.17, 15) is 5.11 Å². The van der Waals surface area contributed by atoms with E-state index in [1.807, 2.05) is 49.0 Å². The summed E-state index contributed by atoms with van der Waals surface area (Å²) in [5.74, 6) is 0.790. The number of benzene rings is 1. The number of aryl methyl sites for hydroxylation is 2. The predicted octanol–water partition coefficient (Wildman–Crippen LogP) is 2.36. The monoisotopic (exact) mass is 246 g/mol. The molecule has 0 unspecified atom stereocenters. The molecule has 0 saturated carbocycles. The molecule has 0 radical (unpaired) electrons. The van der Waals surface area contributed by atoms with E-state index in [1.165, 1.54) is 0 Å². The lowest BCUT2D eigenvalue weighted by Gasteiger charge is -2.08. The van der Waals surface area contributed by atoms with Crippen molar-refractivity contribution in [1.82, 2.24) is 9.78 Å². The predicted molar refractivity (Wildman–Crippen MR) is 69.4 cm³/mol. The summed E-state index contributed by atoms with van der Waals surface area (Å²) in [6.45, 7) is 4.20. The van der Waals surface area contributed by atoms with Crippen molar-refractivity contribution in [2.45, 2.75) is 26.6 Å². The van der Waals surface area contributed by atoms with Gasteiger partial charge in [-0.25, -0.2) is 0 Å². The lowest BCUT2D eigenvalue weighted by Crippen LogP contribution is -2.03. The summed E-state index contributed by atoms with van der Waals surface area (Å²) in [6.07, 6.45) is -0.446. The van der Waals surface area contributed by atoms with Gasteiger partial charge in [0.2, 0.25) is 0 Å². The summed E-state index contributed by atoms with van der Waals surface area (Å²) < 4.78 is 7.50. The SMILES string of the molecule is Cc1cc(COc2ccc([C@H](C)O)cc2)n(C)n1. The summed E-state index contributed by atoms with van der Waals surface area (Å²) in [5.41, 5.74) is 2.91. The van der Waals surface area contributed by atoms with Gasteiger partial charge in [-0.2, -0.15) is 5.10 Å². The number of ether oxygens (including phenoxy) is 1. The van der Waals surface area contributed by atoms with Crippen LogP contribution in [0.25, 0.3) is 0 Å². The van der Waals surface area contributed by atoms with Gasteiger partial charge in [0, 0.05) is 7.05 Å². The molecule has 1 N–H and O–H groups in total. The molecule has 0 amide bonds. The van der Waals surface area contributed by atoms with Crippen LogP contribution < -0.4 is 4.74 Å². The molecule has 1 aromatic carbocycles. The molecule has 2 aromatic rings. The number of aliphatic hydroxyl groups excluding tert-OH is 1. The van der Waals surface area contributed by atoms with E-state index in [-0.39, 0.29) is 0 Å². The molecular weight excluding hydrogens is 228 g/mol. The maximum absolute atomic E-state index is 9.41. The van der Waals surface area contributed by atoms with Crippen molar-refractivity contribution in [2.75, 3.05) is 0 Å². The Morgan fingerprint density at radius 1 is 1.33 bits per heavy atom. The van der Waals surface area contributed by atoms with Crippen molar-refractivity contribution in [3.05, 3.63) is 47.3 Å².